The highest BCUT2D eigenvalue weighted by Gasteiger charge is 2.48. The number of nitrogens with two attached hydrogens (primary N) is 1. The molecular formula is C26H40N5O7PS. The summed E-state index contributed by atoms with van der Waals surface area (Å²) in [4.78, 5) is 26.6. The van der Waals surface area contributed by atoms with Crippen LogP contribution in [0.25, 0.3) is 0 Å². The molecule has 0 aromatic heterocycles. The van der Waals surface area contributed by atoms with Crippen molar-refractivity contribution < 1.29 is 32.2 Å². The van der Waals surface area contributed by atoms with E-state index in [1.54, 1.807) is 4.90 Å². The van der Waals surface area contributed by atoms with Gasteiger partial charge in [-0.15, -0.1) is 0 Å². The van der Waals surface area contributed by atoms with Crippen molar-refractivity contribution in [2.24, 2.45) is 21.3 Å². The number of aliphatic hydroxyl groups is 1. The fourth-order valence-corrected chi connectivity index (χ4v) is 6.96. The van der Waals surface area contributed by atoms with Crippen molar-refractivity contribution in [1.82, 2.24) is 4.90 Å². The van der Waals surface area contributed by atoms with Crippen LogP contribution in [0.2, 0.25) is 0 Å². The summed E-state index contributed by atoms with van der Waals surface area (Å²) in [5, 5.41) is 14.5. The average molecular weight is 598 g/mol. The van der Waals surface area contributed by atoms with Crippen LogP contribution >= 0.6 is 7.52 Å². The third kappa shape index (κ3) is 7.44. The largest absolute Gasteiger partial charge is 0.509 e. The molecular weight excluding hydrogens is 557 g/mol. The van der Waals surface area contributed by atoms with Gasteiger partial charge in [-0.2, -0.15) is 4.76 Å². The van der Waals surface area contributed by atoms with Crippen molar-refractivity contribution >= 4 is 51.9 Å². The lowest BCUT2D eigenvalue weighted by Crippen LogP contribution is -2.45. The normalized spacial score (nSPS) is 21.7. The van der Waals surface area contributed by atoms with E-state index in [2.05, 4.69) is 35.6 Å². The van der Waals surface area contributed by atoms with Gasteiger partial charge in [-0.05, 0) is 41.9 Å². The van der Waals surface area contributed by atoms with Gasteiger partial charge in [0, 0.05) is 18.7 Å². The lowest BCUT2D eigenvalue weighted by Gasteiger charge is -2.36. The molecule has 2 heterocycles. The number of benzene rings is 1. The third-order valence-electron chi connectivity index (χ3n) is 6.39. The molecule has 2 atom stereocenters. The summed E-state index contributed by atoms with van der Waals surface area (Å²) in [5.74, 6) is -1.29. The zero-order chi connectivity index (χ0) is 30.3. The maximum Gasteiger partial charge on any atom is 0.348 e. The van der Waals surface area contributed by atoms with Gasteiger partial charge in [0.2, 0.25) is 15.9 Å². The molecule has 0 spiro atoms. The van der Waals surface area contributed by atoms with Gasteiger partial charge in [-0.25, -0.2) is 8.42 Å². The second-order valence-electron chi connectivity index (χ2n) is 12.4. The van der Waals surface area contributed by atoms with Crippen LogP contribution in [0.5, 0.6) is 0 Å². The minimum Gasteiger partial charge on any atom is -0.509 e. The van der Waals surface area contributed by atoms with Crippen LogP contribution in [0.1, 0.15) is 60.8 Å². The molecule has 14 heteroatoms. The van der Waals surface area contributed by atoms with Crippen LogP contribution in [0.4, 0.5) is 11.4 Å². The van der Waals surface area contributed by atoms with Crippen LogP contribution in [0, 0.1) is 10.8 Å². The van der Waals surface area contributed by atoms with Crippen LogP contribution in [-0.2, 0) is 28.7 Å². The number of carbonyl (C=O) groups is 2. The number of primary amides is 1. The topological polar surface area (TPSA) is 180 Å². The highest BCUT2D eigenvalue weighted by Crippen LogP contribution is 2.53. The second kappa shape index (κ2) is 11.2. The maximum absolute atomic E-state index is 14.2. The summed E-state index contributed by atoms with van der Waals surface area (Å²) in [6, 6.07) is 3.66. The van der Waals surface area contributed by atoms with E-state index in [4.69, 9.17) is 10.3 Å². The molecule has 0 aliphatic carbocycles. The lowest BCUT2D eigenvalue weighted by molar-refractivity contribution is -0.128. The number of amides is 2. The standard InChI is InChI=1S/C26H40N5O7PS/c1-25(2,3)12-13-31-22(26(4,5)6)21(33)20(24(31)34)23-28-17-11-10-16(30-40(7,36)37)15-18(17)39(35,29-23)38-14-8-9-19(27)32/h10-11,15,22,30,33H,8-9,12-14H2,1-7H3,(H2,27,32)(H,28,29,35). The summed E-state index contributed by atoms with van der Waals surface area (Å²) < 4.78 is 50.2. The number of anilines is 2. The molecule has 222 valence electrons. The molecule has 2 unspecified atom stereocenters. The molecule has 1 aromatic carbocycles. The number of nitrogens with zero attached hydrogens (tertiary/aromatic N) is 2. The number of nitrogens with one attached hydrogen (secondary N) is 2. The number of carbonyl (C=O) groups excluding carboxylic acids is 2. The van der Waals surface area contributed by atoms with Crippen molar-refractivity contribution in [2.75, 3.05) is 29.4 Å². The molecule has 1 aromatic rings. The monoisotopic (exact) mass is 597 g/mol. The summed E-state index contributed by atoms with van der Waals surface area (Å²) in [6.07, 6.45) is 1.84. The maximum atomic E-state index is 14.2. The third-order valence-corrected chi connectivity index (χ3v) is 8.97. The molecule has 2 aliphatic heterocycles. The second-order valence-corrected chi connectivity index (χ2v) is 16.2. The van der Waals surface area contributed by atoms with E-state index in [-0.39, 0.29) is 58.7 Å². The Labute approximate surface area is 236 Å². The lowest BCUT2D eigenvalue weighted by atomic mass is 9.84. The first-order valence-corrected chi connectivity index (χ1v) is 16.5. The van der Waals surface area contributed by atoms with Crippen molar-refractivity contribution in [1.29, 1.82) is 0 Å². The first kappa shape index (κ1) is 31.6. The molecule has 5 N–H and O–H groups in total. The highest BCUT2D eigenvalue weighted by molar-refractivity contribution is 7.92. The summed E-state index contributed by atoms with van der Waals surface area (Å²) in [6.45, 7) is 12.2. The van der Waals surface area contributed by atoms with Gasteiger partial charge in [-0.1, -0.05) is 41.5 Å². The van der Waals surface area contributed by atoms with Gasteiger partial charge < -0.3 is 25.6 Å². The number of rotatable bonds is 10. The number of hydrogen-bond donors (Lipinski definition) is 4. The Morgan fingerprint density at radius 1 is 1.25 bits per heavy atom. The highest BCUT2D eigenvalue weighted by atomic mass is 32.2. The van der Waals surface area contributed by atoms with Crippen LogP contribution in [-0.4, -0.2) is 61.5 Å². The molecule has 0 saturated heterocycles. The molecule has 3 rings (SSSR count). The van der Waals surface area contributed by atoms with E-state index < -0.39 is 40.8 Å². The number of hydrogen-bond acceptors (Lipinski definition) is 8. The zero-order valence-corrected chi connectivity index (χ0v) is 25.8. The fourth-order valence-electron chi connectivity index (χ4n) is 4.57. The van der Waals surface area contributed by atoms with Crippen LogP contribution in [0.15, 0.2) is 34.3 Å². The fraction of sp³-hybridized carbons (Fsp3) is 0.577. The first-order chi connectivity index (χ1) is 18.2. The Hall–Kier alpha value is -2.89. The van der Waals surface area contributed by atoms with Gasteiger partial charge in [-0.3, -0.25) is 18.9 Å². The van der Waals surface area contributed by atoms with Gasteiger partial charge in [0.1, 0.15) is 11.3 Å². The Morgan fingerprint density at radius 2 is 1.90 bits per heavy atom. The van der Waals surface area contributed by atoms with E-state index in [0.29, 0.717) is 13.0 Å². The number of amidine groups is 1. The minimum absolute atomic E-state index is 0.00220. The zero-order valence-electron chi connectivity index (χ0n) is 24.1. The molecule has 40 heavy (non-hydrogen) atoms. The summed E-state index contributed by atoms with van der Waals surface area (Å²) in [5.41, 5.74) is 4.94. The number of aliphatic hydroxyl groups excluding tert-OH is 1. The Kier molecular flexibility index (Phi) is 8.84. The quantitative estimate of drug-likeness (QED) is 0.234. The predicted octanol–water partition coefficient (Wildman–Crippen LogP) is 3.49. The average Bonchev–Trinajstić information content (AvgIpc) is 3.03. The van der Waals surface area contributed by atoms with E-state index >= 15 is 0 Å². The SMILES string of the molecule is CC(C)(C)CCN1C(=O)C(C2=NP(=O)(OCCCC(N)=O)c3cc(NS(C)(=O)=O)ccc3N2)=C(O)C1C(C)(C)C. The Morgan fingerprint density at radius 3 is 2.45 bits per heavy atom. The number of fused-ring (bicyclic) bond motifs is 1. The van der Waals surface area contributed by atoms with Crippen LogP contribution < -0.4 is 21.1 Å². The predicted molar refractivity (Wildman–Crippen MR) is 156 cm³/mol. The molecule has 0 saturated carbocycles. The van der Waals surface area contributed by atoms with Gasteiger partial charge in [0.15, 0.2) is 5.84 Å². The molecule has 0 fully saturated rings. The van der Waals surface area contributed by atoms with Gasteiger partial charge in [0.05, 0.1) is 29.9 Å². The number of sulfonamides is 1. The molecule has 0 bridgehead atoms. The van der Waals surface area contributed by atoms with Gasteiger partial charge in [0.25, 0.3) is 5.91 Å². The molecule has 2 amide bonds. The molecule has 2 aliphatic rings. The first-order valence-electron chi connectivity index (χ1n) is 13.0. The Bertz CT molecular complexity index is 1410. The Balaban J connectivity index is 2.09. The minimum atomic E-state index is -4.12. The van der Waals surface area contributed by atoms with E-state index in [0.717, 1.165) is 6.26 Å². The van der Waals surface area contributed by atoms with E-state index in [1.165, 1.54) is 18.2 Å². The summed E-state index contributed by atoms with van der Waals surface area (Å²) in [7, 11) is -7.75. The van der Waals surface area contributed by atoms with Gasteiger partial charge >= 0.3 is 7.52 Å². The van der Waals surface area contributed by atoms with E-state index in [9.17, 15) is 27.7 Å². The smallest absolute Gasteiger partial charge is 0.348 e. The van der Waals surface area contributed by atoms with Crippen LogP contribution in [0.3, 0.4) is 0 Å². The van der Waals surface area contributed by atoms with Crippen molar-refractivity contribution in [2.45, 2.75) is 66.8 Å². The van der Waals surface area contributed by atoms with Crippen molar-refractivity contribution in [3.05, 3.63) is 29.5 Å². The summed E-state index contributed by atoms with van der Waals surface area (Å²) >= 11 is 0. The van der Waals surface area contributed by atoms with E-state index in [1.807, 2.05) is 20.8 Å². The van der Waals surface area contributed by atoms with Crippen molar-refractivity contribution in [3.8, 4) is 0 Å². The van der Waals surface area contributed by atoms with Crippen molar-refractivity contribution in [3.63, 3.8) is 0 Å². The molecule has 12 nitrogen and oxygen atoms in total. The molecule has 0 radical (unpaired) electrons.